The van der Waals surface area contributed by atoms with Crippen molar-refractivity contribution < 1.29 is 40.0 Å². The summed E-state index contributed by atoms with van der Waals surface area (Å²) in [4.78, 5) is 0. The van der Waals surface area contributed by atoms with Crippen LogP contribution in [0.4, 0.5) is 0 Å². The van der Waals surface area contributed by atoms with Crippen molar-refractivity contribution in [3.63, 3.8) is 0 Å². The number of benzene rings is 4. The van der Waals surface area contributed by atoms with Crippen LogP contribution in [0.15, 0.2) is 65.3 Å². The smallest absolute Gasteiger partial charge is 0.387 e. The van der Waals surface area contributed by atoms with Crippen LogP contribution >= 0.6 is 16.5 Å². The molecule has 0 unspecified atom stereocenters. The zero-order valence-electron chi connectivity index (χ0n) is 33.1. The highest BCUT2D eigenvalue weighted by Crippen LogP contribution is 2.47. The zero-order valence-corrected chi connectivity index (χ0v) is 34.9. The first kappa shape index (κ1) is 36.3. The maximum absolute atomic E-state index is 6.94. The van der Waals surface area contributed by atoms with E-state index in [4.69, 9.17) is 40.0 Å². The van der Waals surface area contributed by atoms with E-state index in [9.17, 15) is 0 Å². The summed E-state index contributed by atoms with van der Waals surface area (Å²) in [6.07, 6.45) is 15.2. The highest BCUT2D eigenvalue weighted by molar-refractivity contribution is 7.32. The van der Waals surface area contributed by atoms with Gasteiger partial charge in [0.1, 0.15) is 40.6 Å². The Labute approximate surface area is 339 Å². The van der Waals surface area contributed by atoms with Gasteiger partial charge in [-0.15, -0.1) is 0 Å². The largest absolute Gasteiger partial charge is 0.399 e. The average molecular weight is 821 g/mol. The Kier molecular flexibility index (Phi) is 9.33. The molecule has 0 amide bonds. The third-order valence-corrected chi connectivity index (χ3v) is 16.1. The van der Waals surface area contributed by atoms with E-state index in [1.807, 2.05) is 0 Å². The number of methoxy groups -OCH3 is 1. The summed E-state index contributed by atoms with van der Waals surface area (Å²) in [6, 6.07) is 17.5. The van der Waals surface area contributed by atoms with Crippen molar-refractivity contribution in [2.45, 2.75) is 133 Å². The maximum Gasteiger partial charge on any atom is 0.387 e. The lowest BCUT2D eigenvalue weighted by atomic mass is 9.84. The molecule has 58 heavy (non-hydrogen) atoms. The molecule has 4 aromatic carbocycles. The molecular formula is C47H50O9P2. The van der Waals surface area contributed by atoms with Gasteiger partial charge in [0.05, 0.1) is 6.61 Å². The highest BCUT2D eigenvalue weighted by atomic mass is 31.1. The van der Waals surface area contributed by atoms with Gasteiger partial charge < -0.3 is 31.0 Å². The van der Waals surface area contributed by atoms with Crippen LogP contribution in [0.2, 0.25) is 0 Å². The van der Waals surface area contributed by atoms with Crippen LogP contribution in [0.25, 0.3) is 43.9 Å². The summed E-state index contributed by atoms with van der Waals surface area (Å²) in [5.74, 6) is 0. The first-order valence-corrected chi connectivity index (χ1v) is 23.9. The summed E-state index contributed by atoms with van der Waals surface area (Å²) < 4.78 is 60.2. The van der Waals surface area contributed by atoms with E-state index in [1.165, 1.54) is 117 Å². The average Bonchev–Trinajstić information content (AvgIpc) is 3.38. The third kappa shape index (κ3) is 6.06. The van der Waals surface area contributed by atoms with Crippen molar-refractivity contribution in [2.75, 3.05) is 13.7 Å². The molecule has 11 heteroatoms. The molecule has 12 rings (SSSR count). The summed E-state index contributed by atoms with van der Waals surface area (Å²) in [7, 11) is -2.19. The number of hydrogen-bond donors (Lipinski definition) is 0. The standard InChI is InChI=1S/C47H50O9P2/c1-48-47-46(56-58-53-37-24-20-29-12-4-8-16-33(29)42(37)43-34-17-9-5-13-30(34)21-25-38(43)54-58)45-44(39(50-47)26-49-45)55-57-51-35-22-18-27-10-2-6-14-31(27)40(35)41-32-15-7-3-11-28(32)19-23-36(41)52-57/h18-25,39,44-47H,2-17,26H2,1H3/t39-,44+,45-,46+,47+/m0/s1. The normalized spacial score (nSPS) is 25.1. The minimum atomic E-state index is -1.94. The Morgan fingerprint density at radius 3 is 1.21 bits per heavy atom. The van der Waals surface area contributed by atoms with Gasteiger partial charge in [0.2, 0.25) is 0 Å². The maximum atomic E-state index is 6.94. The quantitative estimate of drug-likeness (QED) is 0.168. The predicted molar refractivity (Wildman–Crippen MR) is 225 cm³/mol. The van der Waals surface area contributed by atoms with Crippen LogP contribution in [0.1, 0.15) is 95.9 Å². The predicted octanol–water partition coefficient (Wildman–Crippen LogP) is 11.5. The number of rotatable bonds is 5. The van der Waals surface area contributed by atoms with E-state index in [0.29, 0.717) is 6.61 Å². The van der Waals surface area contributed by atoms with Gasteiger partial charge in [-0.3, -0.25) is 9.05 Å². The molecule has 9 nitrogen and oxygen atoms in total. The van der Waals surface area contributed by atoms with Crippen molar-refractivity contribution in [2.24, 2.45) is 0 Å². The monoisotopic (exact) mass is 820 g/mol. The van der Waals surface area contributed by atoms with Crippen molar-refractivity contribution in [1.82, 2.24) is 0 Å². The molecule has 5 atom stereocenters. The van der Waals surface area contributed by atoms with Gasteiger partial charge in [-0.1, -0.05) is 24.3 Å². The van der Waals surface area contributed by atoms with E-state index in [1.54, 1.807) is 7.11 Å². The minimum Gasteiger partial charge on any atom is -0.399 e. The zero-order chi connectivity index (χ0) is 38.3. The van der Waals surface area contributed by atoms with Crippen LogP contribution in [-0.2, 0) is 65.6 Å². The Balaban J connectivity index is 0.959. The molecule has 4 aliphatic carbocycles. The van der Waals surface area contributed by atoms with Gasteiger partial charge in [-0.2, -0.15) is 0 Å². The number of ether oxygens (including phenoxy) is 3. The summed E-state index contributed by atoms with van der Waals surface area (Å²) in [6.45, 7) is 0.329. The number of hydrogen-bond acceptors (Lipinski definition) is 9. The third-order valence-electron chi connectivity index (χ3n) is 13.9. The molecule has 2 fully saturated rings. The molecule has 6 aromatic rings. The molecule has 0 spiro atoms. The molecule has 4 heterocycles. The fraction of sp³-hybridized carbons (Fsp3) is 0.489. The van der Waals surface area contributed by atoms with E-state index in [0.717, 1.165) is 73.7 Å². The second-order valence-corrected chi connectivity index (χ2v) is 19.2. The van der Waals surface area contributed by atoms with Gasteiger partial charge in [-0.25, -0.2) is 0 Å². The molecular weight excluding hydrogens is 770 g/mol. The summed E-state index contributed by atoms with van der Waals surface area (Å²) >= 11 is 0. The van der Waals surface area contributed by atoms with Crippen LogP contribution in [0.5, 0.6) is 0 Å². The van der Waals surface area contributed by atoms with Crippen molar-refractivity contribution in [3.8, 4) is 0 Å². The molecule has 0 N–H and O–H groups in total. The molecule has 2 aliphatic heterocycles. The first-order chi connectivity index (χ1) is 28.7. The van der Waals surface area contributed by atoms with Crippen LogP contribution in [0, 0.1) is 0 Å². The lowest BCUT2D eigenvalue weighted by molar-refractivity contribution is -0.232. The molecule has 2 saturated heterocycles. The van der Waals surface area contributed by atoms with Gasteiger partial charge in [-0.05, 0) is 172 Å². The van der Waals surface area contributed by atoms with Crippen molar-refractivity contribution in [1.29, 1.82) is 0 Å². The Bertz CT molecular complexity index is 2530. The second-order valence-electron chi connectivity index (χ2n) is 17.2. The van der Waals surface area contributed by atoms with Gasteiger partial charge in [0.15, 0.2) is 12.4 Å². The molecule has 2 bridgehead atoms. The number of aryl methyl sites for hydroxylation is 8. The van der Waals surface area contributed by atoms with Crippen LogP contribution in [0.3, 0.4) is 0 Å². The molecule has 6 aliphatic rings. The molecule has 2 aromatic heterocycles. The lowest BCUT2D eigenvalue weighted by Crippen LogP contribution is -2.57. The Morgan fingerprint density at radius 2 is 0.828 bits per heavy atom. The molecule has 302 valence electrons. The lowest BCUT2D eigenvalue weighted by Gasteiger charge is -2.37. The molecule has 0 radical (unpaired) electrons. The second kappa shape index (κ2) is 14.9. The molecule has 0 saturated carbocycles. The summed E-state index contributed by atoms with van der Waals surface area (Å²) in [5.41, 5.74) is 14.6. The van der Waals surface area contributed by atoms with E-state index < -0.39 is 47.2 Å². The van der Waals surface area contributed by atoms with E-state index >= 15 is 0 Å². The highest BCUT2D eigenvalue weighted by Gasteiger charge is 2.55. The van der Waals surface area contributed by atoms with Crippen molar-refractivity contribution >= 4 is 60.4 Å². The van der Waals surface area contributed by atoms with Crippen molar-refractivity contribution in [3.05, 3.63) is 93.0 Å². The van der Waals surface area contributed by atoms with E-state index in [2.05, 4.69) is 48.5 Å². The first-order valence-electron chi connectivity index (χ1n) is 21.7. The van der Waals surface area contributed by atoms with Crippen LogP contribution in [-0.4, -0.2) is 44.4 Å². The van der Waals surface area contributed by atoms with Gasteiger partial charge in [0, 0.05) is 28.7 Å². The van der Waals surface area contributed by atoms with Gasteiger partial charge in [0.25, 0.3) is 0 Å². The fourth-order valence-corrected chi connectivity index (χ4v) is 13.5. The fourth-order valence-electron chi connectivity index (χ4n) is 11.1. The van der Waals surface area contributed by atoms with Crippen LogP contribution < -0.4 is 9.05 Å². The van der Waals surface area contributed by atoms with Gasteiger partial charge >= 0.3 is 16.5 Å². The van der Waals surface area contributed by atoms with E-state index in [-0.39, 0.29) is 0 Å². The minimum absolute atomic E-state index is 0.329. The number of fused-ring (bicyclic) bond motifs is 16. The Hall–Kier alpha value is -3.52. The SMILES string of the molecule is CO[C@@H]1O[C@H]2CO[C@H]([C@H]1Op1oc3ccc4c(c3c3c5c(ccc3o1)CCCC5)CCCC4)[C@@H]2Op1oc2ccc3c(c2c2c4c(ccc2o1)CCCC4)CCCC3. The Morgan fingerprint density at radius 1 is 0.466 bits per heavy atom. The topological polar surface area (TPSA) is 98.7 Å². The summed E-state index contributed by atoms with van der Waals surface area (Å²) in [5, 5.41) is 4.78.